The maximum Gasteiger partial charge on any atom is 0.228 e. The molecule has 1 fully saturated rings. The highest BCUT2D eigenvalue weighted by Gasteiger charge is 2.66. The predicted molar refractivity (Wildman–Crippen MR) is 77.8 cm³/mol. The molecule has 1 N–H and O–H groups in total. The second-order valence-electron chi connectivity index (χ2n) is 4.97. The number of halogens is 2. The molecular weight excluding hydrogens is 362 g/mol. The summed E-state index contributed by atoms with van der Waals surface area (Å²) in [6, 6.07) is 0. The first-order valence-corrected chi connectivity index (χ1v) is 7.58. The number of amides is 1. The van der Waals surface area contributed by atoms with Gasteiger partial charge in [-0.2, -0.15) is 5.10 Å². The molecule has 0 aromatic carbocycles. The number of nitrogens with zero attached hydrogens (tertiary/aromatic N) is 2. The monoisotopic (exact) mass is 377 g/mol. The van der Waals surface area contributed by atoms with Gasteiger partial charge < -0.3 is 5.32 Å². The van der Waals surface area contributed by atoms with Crippen molar-refractivity contribution in [2.75, 3.05) is 0 Å². The van der Waals surface area contributed by atoms with Crippen LogP contribution in [-0.2, 0) is 17.9 Å². The van der Waals surface area contributed by atoms with Gasteiger partial charge in [0.15, 0.2) is 0 Å². The van der Waals surface area contributed by atoms with Gasteiger partial charge in [-0.15, -0.1) is 0 Å². The van der Waals surface area contributed by atoms with Gasteiger partial charge >= 0.3 is 0 Å². The van der Waals surface area contributed by atoms with E-state index in [-0.39, 0.29) is 14.6 Å². The van der Waals surface area contributed by atoms with Gasteiger partial charge in [-0.1, -0.05) is 31.9 Å². The number of aryl methyl sites for hydroxylation is 1. The van der Waals surface area contributed by atoms with Crippen molar-refractivity contribution in [1.29, 1.82) is 0 Å². The van der Waals surface area contributed by atoms with Crippen LogP contribution in [0.15, 0.2) is 6.20 Å². The van der Waals surface area contributed by atoms with Crippen molar-refractivity contribution in [2.24, 2.45) is 5.41 Å². The summed E-state index contributed by atoms with van der Waals surface area (Å²) < 4.78 is 1.69. The van der Waals surface area contributed by atoms with E-state index in [9.17, 15) is 4.79 Å². The third-order valence-corrected chi connectivity index (χ3v) is 6.01. The molecule has 100 valence electrons. The summed E-state index contributed by atoms with van der Waals surface area (Å²) in [5.41, 5.74) is 1.83. The third-order valence-electron chi connectivity index (χ3n) is 3.70. The maximum absolute atomic E-state index is 12.1. The highest BCUT2D eigenvalue weighted by Crippen LogP contribution is 2.66. The minimum atomic E-state index is -0.359. The minimum Gasteiger partial charge on any atom is -0.351 e. The lowest BCUT2D eigenvalue weighted by Gasteiger charge is -2.12. The topological polar surface area (TPSA) is 46.9 Å². The Labute approximate surface area is 124 Å². The van der Waals surface area contributed by atoms with Gasteiger partial charge in [0.05, 0.1) is 14.8 Å². The molecule has 1 aliphatic carbocycles. The van der Waals surface area contributed by atoms with E-state index in [0.717, 1.165) is 24.2 Å². The number of rotatable bonds is 4. The summed E-state index contributed by atoms with van der Waals surface area (Å²) >= 11 is 7.01. The molecule has 0 saturated heterocycles. The van der Waals surface area contributed by atoms with Crippen molar-refractivity contribution in [3.05, 3.63) is 17.5 Å². The van der Waals surface area contributed by atoms with Gasteiger partial charge in [0.2, 0.25) is 5.91 Å². The lowest BCUT2D eigenvalue weighted by atomic mass is 10.1. The average Bonchev–Trinajstić information content (AvgIpc) is 2.67. The number of nitrogens with one attached hydrogen (secondary N) is 1. The van der Waals surface area contributed by atoms with Crippen LogP contribution in [-0.4, -0.2) is 18.9 Å². The molecule has 0 bridgehead atoms. The molecule has 2 rings (SSSR count). The first-order valence-electron chi connectivity index (χ1n) is 5.99. The number of aromatic nitrogens is 2. The van der Waals surface area contributed by atoms with E-state index >= 15 is 0 Å². The summed E-state index contributed by atoms with van der Waals surface area (Å²) in [4.78, 5) is 12.1. The standard InChI is InChI=1S/C12H17Br2N3O/c1-4-17-8(2)9(6-16-17)5-15-10(18)11(3)7-12(11,13)14/h6H,4-5,7H2,1-3H3,(H,15,18)/t11-/m0/s1. The smallest absolute Gasteiger partial charge is 0.228 e. The van der Waals surface area contributed by atoms with Gasteiger partial charge in [-0.25, -0.2) is 0 Å². The van der Waals surface area contributed by atoms with E-state index in [1.807, 2.05) is 24.7 Å². The van der Waals surface area contributed by atoms with E-state index in [0.29, 0.717) is 6.54 Å². The highest BCUT2D eigenvalue weighted by atomic mass is 79.9. The SMILES string of the molecule is CCn1ncc(CNC(=O)[C@]2(C)CC2(Br)Br)c1C. The zero-order chi connectivity index (χ0) is 13.6. The van der Waals surface area contributed by atoms with E-state index in [1.165, 1.54) is 0 Å². The zero-order valence-corrected chi connectivity index (χ0v) is 13.9. The number of hydrogen-bond acceptors (Lipinski definition) is 2. The Bertz CT molecular complexity index is 484. The fourth-order valence-electron chi connectivity index (χ4n) is 1.99. The third kappa shape index (κ3) is 2.25. The Hall–Kier alpha value is -0.360. The molecule has 1 atom stereocenters. The van der Waals surface area contributed by atoms with Crippen LogP contribution in [0.4, 0.5) is 0 Å². The van der Waals surface area contributed by atoms with Crippen molar-refractivity contribution >= 4 is 37.8 Å². The molecule has 0 spiro atoms. The van der Waals surface area contributed by atoms with Crippen LogP contribution >= 0.6 is 31.9 Å². The van der Waals surface area contributed by atoms with Crippen LogP contribution in [0.5, 0.6) is 0 Å². The molecule has 0 aliphatic heterocycles. The molecule has 4 nitrogen and oxygen atoms in total. The fraction of sp³-hybridized carbons (Fsp3) is 0.667. The maximum atomic E-state index is 12.1. The molecule has 1 saturated carbocycles. The second kappa shape index (κ2) is 4.63. The summed E-state index contributed by atoms with van der Waals surface area (Å²) in [6.07, 6.45) is 2.63. The molecular formula is C12H17Br2N3O. The van der Waals surface area contributed by atoms with E-state index in [4.69, 9.17) is 0 Å². The van der Waals surface area contributed by atoms with Crippen molar-refractivity contribution in [3.63, 3.8) is 0 Å². The van der Waals surface area contributed by atoms with Crippen molar-refractivity contribution in [3.8, 4) is 0 Å². The van der Waals surface area contributed by atoms with Crippen LogP contribution in [0.25, 0.3) is 0 Å². The summed E-state index contributed by atoms with van der Waals surface area (Å²) in [7, 11) is 0. The van der Waals surface area contributed by atoms with Gasteiger partial charge in [-0.3, -0.25) is 9.48 Å². The summed E-state index contributed by atoms with van der Waals surface area (Å²) in [5, 5.41) is 7.25. The Morgan fingerprint density at radius 3 is 2.67 bits per heavy atom. The van der Waals surface area contributed by atoms with Crippen LogP contribution < -0.4 is 5.32 Å². The molecule has 1 heterocycles. The number of carbonyl (C=O) groups is 1. The van der Waals surface area contributed by atoms with E-state index in [1.54, 1.807) is 0 Å². The zero-order valence-electron chi connectivity index (χ0n) is 10.8. The van der Waals surface area contributed by atoms with E-state index in [2.05, 4.69) is 49.2 Å². The van der Waals surface area contributed by atoms with Gasteiger partial charge in [0.25, 0.3) is 0 Å². The quantitative estimate of drug-likeness (QED) is 0.819. The molecule has 0 unspecified atom stereocenters. The first kappa shape index (κ1) is 14.1. The summed E-state index contributed by atoms with van der Waals surface area (Å²) in [6.45, 7) is 7.42. The van der Waals surface area contributed by atoms with Crippen LogP contribution in [0, 0.1) is 12.3 Å². The number of hydrogen-bond donors (Lipinski definition) is 1. The number of carbonyl (C=O) groups excluding carboxylic acids is 1. The summed E-state index contributed by atoms with van der Waals surface area (Å²) in [5.74, 6) is 0.0694. The molecule has 1 aromatic heterocycles. The molecule has 1 aliphatic rings. The average molecular weight is 379 g/mol. The Kier molecular flexibility index (Phi) is 3.62. The molecule has 0 radical (unpaired) electrons. The lowest BCUT2D eigenvalue weighted by Crippen LogP contribution is -2.32. The lowest BCUT2D eigenvalue weighted by molar-refractivity contribution is -0.125. The first-order chi connectivity index (χ1) is 8.32. The van der Waals surface area contributed by atoms with Crippen LogP contribution in [0.1, 0.15) is 31.5 Å². The van der Waals surface area contributed by atoms with Crippen LogP contribution in [0.3, 0.4) is 0 Å². The highest BCUT2D eigenvalue weighted by molar-refractivity contribution is 9.25. The molecule has 18 heavy (non-hydrogen) atoms. The van der Waals surface area contributed by atoms with Crippen LogP contribution in [0.2, 0.25) is 0 Å². The van der Waals surface area contributed by atoms with Gasteiger partial charge in [0.1, 0.15) is 0 Å². The van der Waals surface area contributed by atoms with Crippen molar-refractivity contribution in [2.45, 2.75) is 43.5 Å². The molecule has 1 aromatic rings. The molecule has 6 heteroatoms. The Balaban J connectivity index is 1.96. The Morgan fingerprint density at radius 2 is 2.22 bits per heavy atom. The largest absolute Gasteiger partial charge is 0.351 e. The fourth-order valence-corrected chi connectivity index (χ4v) is 3.48. The number of alkyl halides is 2. The van der Waals surface area contributed by atoms with Crippen molar-refractivity contribution < 1.29 is 4.79 Å². The van der Waals surface area contributed by atoms with Gasteiger partial charge in [0, 0.05) is 24.3 Å². The Morgan fingerprint density at radius 1 is 1.61 bits per heavy atom. The van der Waals surface area contributed by atoms with E-state index < -0.39 is 0 Å². The minimum absolute atomic E-state index is 0.0694. The normalized spacial score (nSPS) is 24.9. The molecule has 1 amide bonds. The van der Waals surface area contributed by atoms with Gasteiger partial charge in [-0.05, 0) is 27.2 Å². The predicted octanol–water partition coefficient (Wildman–Crippen LogP) is 2.72. The van der Waals surface area contributed by atoms with Crippen molar-refractivity contribution in [1.82, 2.24) is 15.1 Å². The second-order valence-corrected chi connectivity index (χ2v) is 8.74.